The van der Waals surface area contributed by atoms with E-state index in [4.69, 9.17) is 0 Å². The van der Waals surface area contributed by atoms with Crippen LogP contribution < -0.4 is 0 Å². The molecule has 1 aromatic carbocycles. The number of alkyl halides is 6. The third-order valence-corrected chi connectivity index (χ3v) is 3.72. The number of allylic oxidation sites excluding steroid dienone is 2. The molecule has 0 aromatic heterocycles. The van der Waals surface area contributed by atoms with Crippen LogP contribution in [0.3, 0.4) is 0 Å². The van der Waals surface area contributed by atoms with Gasteiger partial charge in [0.15, 0.2) is 6.10 Å². The van der Waals surface area contributed by atoms with Crippen LogP contribution in [0.25, 0.3) is 0 Å². The smallest absolute Gasteiger partial charge is 0.379 e. The first-order chi connectivity index (χ1) is 11.4. The highest BCUT2D eigenvalue weighted by molar-refractivity contribution is 6.02. The highest BCUT2D eigenvalue weighted by atomic mass is 19.4. The number of aliphatic hydroxyl groups is 1. The summed E-state index contributed by atoms with van der Waals surface area (Å²) in [7, 11) is 0. The summed E-state index contributed by atoms with van der Waals surface area (Å²) in [6.45, 7) is 4.66. The average molecular weight is 367 g/mol. The van der Waals surface area contributed by atoms with Crippen molar-refractivity contribution in [3.8, 4) is 0 Å². The van der Waals surface area contributed by atoms with Gasteiger partial charge in [-0.3, -0.25) is 0 Å². The minimum atomic E-state index is -4.82. The van der Waals surface area contributed by atoms with Crippen LogP contribution in [0.4, 0.5) is 26.3 Å². The third-order valence-electron chi connectivity index (χ3n) is 3.72. The van der Waals surface area contributed by atoms with Gasteiger partial charge in [0.2, 0.25) is 0 Å². The lowest BCUT2D eigenvalue weighted by Gasteiger charge is -2.18. The number of nitrogens with zero attached hydrogens (tertiary/aromatic N) is 1. The van der Waals surface area contributed by atoms with E-state index in [1.54, 1.807) is 13.8 Å². The molecule has 8 heteroatoms. The molecule has 0 saturated carbocycles. The van der Waals surface area contributed by atoms with Crippen LogP contribution >= 0.6 is 0 Å². The van der Waals surface area contributed by atoms with E-state index in [0.29, 0.717) is 6.42 Å². The largest absolute Gasteiger partial charge is 0.433 e. The molecule has 1 aromatic rings. The average Bonchev–Trinajstić information content (AvgIpc) is 2.52. The normalized spacial score (nSPS) is 16.7. The molecule has 0 spiro atoms. The van der Waals surface area contributed by atoms with E-state index in [9.17, 15) is 31.4 Å². The molecule has 0 saturated heterocycles. The molecule has 0 aliphatic carbocycles. The van der Waals surface area contributed by atoms with Gasteiger partial charge in [0.1, 0.15) is 5.70 Å². The van der Waals surface area contributed by atoms with Crippen molar-refractivity contribution < 1.29 is 31.4 Å². The molecule has 1 N–H and O–H groups in total. The summed E-state index contributed by atoms with van der Waals surface area (Å²) >= 11 is 0. The SMILES string of the molecule is C/C=C(\N=C(c1ccc(C(O)C(F)(F)F)cc1)C(C)CC)C(F)(F)F. The zero-order valence-corrected chi connectivity index (χ0v) is 13.9. The molecule has 2 nitrogen and oxygen atoms in total. The second-order valence-electron chi connectivity index (χ2n) is 5.54. The Bertz CT molecular complexity index is 628. The Morgan fingerprint density at radius 1 is 1.12 bits per heavy atom. The second-order valence-corrected chi connectivity index (χ2v) is 5.54. The molecule has 25 heavy (non-hydrogen) atoms. The Hall–Kier alpha value is -1.83. The number of aliphatic hydroxyl groups excluding tert-OH is 1. The topological polar surface area (TPSA) is 32.6 Å². The quantitative estimate of drug-likeness (QED) is 0.534. The Morgan fingerprint density at radius 2 is 1.64 bits per heavy atom. The molecule has 0 bridgehead atoms. The van der Waals surface area contributed by atoms with Gasteiger partial charge in [-0.05, 0) is 30.4 Å². The molecule has 0 fully saturated rings. The van der Waals surface area contributed by atoms with E-state index in [1.807, 2.05) is 0 Å². The fraction of sp³-hybridized carbons (Fsp3) is 0.471. The molecule has 0 aliphatic heterocycles. The standard InChI is InChI=1S/C17H19F6NO/c1-4-10(3)14(24-13(5-2)16(18,19)20)11-6-8-12(9-7-11)15(25)17(21,22)23/h5-10,15,25H,4H2,1-3H3/b13-5-,24-14?. The van der Waals surface area contributed by atoms with Crippen molar-refractivity contribution in [2.45, 2.75) is 45.6 Å². The first kappa shape index (κ1) is 21.2. The molecule has 2 atom stereocenters. The fourth-order valence-corrected chi connectivity index (χ4v) is 2.10. The number of aliphatic imine (C=N–C) groups is 1. The zero-order valence-electron chi connectivity index (χ0n) is 13.9. The van der Waals surface area contributed by atoms with Crippen molar-refractivity contribution >= 4 is 5.71 Å². The predicted octanol–water partition coefficient (Wildman–Crippen LogP) is 5.58. The number of rotatable bonds is 5. The van der Waals surface area contributed by atoms with Gasteiger partial charge < -0.3 is 5.11 Å². The summed E-state index contributed by atoms with van der Waals surface area (Å²) in [6, 6.07) is 4.54. The summed E-state index contributed by atoms with van der Waals surface area (Å²) < 4.78 is 76.4. The van der Waals surface area contributed by atoms with Crippen molar-refractivity contribution in [3.63, 3.8) is 0 Å². The van der Waals surface area contributed by atoms with Gasteiger partial charge in [0, 0.05) is 0 Å². The summed E-state index contributed by atoms with van der Waals surface area (Å²) in [5.74, 6) is -0.337. The van der Waals surface area contributed by atoms with Gasteiger partial charge in [-0.2, -0.15) is 26.3 Å². The van der Waals surface area contributed by atoms with Gasteiger partial charge in [-0.15, -0.1) is 0 Å². The lowest BCUT2D eigenvalue weighted by atomic mass is 9.94. The Balaban J connectivity index is 3.31. The monoisotopic (exact) mass is 367 g/mol. The summed E-state index contributed by atoms with van der Waals surface area (Å²) in [6.07, 6.45) is -10.7. The van der Waals surface area contributed by atoms with Gasteiger partial charge >= 0.3 is 12.4 Å². The molecule has 1 rings (SSSR count). The highest BCUT2D eigenvalue weighted by Crippen LogP contribution is 2.33. The molecule has 0 amide bonds. The van der Waals surface area contributed by atoms with E-state index in [1.165, 1.54) is 19.1 Å². The van der Waals surface area contributed by atoms with E-state index < -0.39 is 24.2 Å². The van der Waals surface area contributed by atoms with Crippen molar-refractivity contribution in [1.29, 1.82) is 0 Å². The van der Waals surface area contributed by atoms with Crippen LogP contribution in [-0.4, -0.2) is 23.2 Å². The molecular formula is C17H19F6NO. The predicted molar refractivity (Wildman–Crippen MR) is 83.3 cm³/mol. The Morgan fingerprint density at radius 3 is 2.00 bits per heavy atom. The van der Waals surface area contributed by atoms with Gasteiger partial charge in [0.25, 0.3) is 0 Å². The fourth-order valence-electron chi connectivity index (χ4n) is 2.10. The molecule has 0 heterocycles. The second kappa shape index (κ2) is 8.03. The highest BCUT2D eigenvalue weighted by Gasteiger charge is 2.39. The third kappa shape index (κ3) is 5.59. The van der Waals surface area contributed by atoms with Crippen LogP contribution in [0.1, 0.15) is 44.4 Å². The summed E-state index contributed by atoms with van der Waals surface area (Å²) in [5.41, 5.74) is -1.05. The molecule has 0 aliphatic rings. The Kier molecular flexibility index (Phi) is 6.82. The first-order valence-electron chi connectivity index (χ1n) is 7.59. The summed E-state index contributed by atoms with van der Waals surface area (Å²) in [5, 5.41) is 9.22. The maximum atomic E-state index is 12.9. The molecule has 140 valence electrons. The van der Waals surface area contributed by atoms with Crippen LogP contribution in [0.5, 0.6) is 0 Å². The van der Waals surface area contributed by atoms with Crippen molar-refractivity contribution in [2.24, 2.45) is 10.9 Å². The Labute approximate surface area is 141 Å². The molecular weight excluding hydrogens is 348 g/mol. The van der Waals surface area contributed by atoms with Gasteiger partial charge in [0.05, 0.1) is 5.71 Å². The number of hydrogen-bond acceptors (Lipinski definition) is 2. The zero-order chi connectivity index (χ0) is 19.4. The van der Waals surface area contributed by atoms with Crippen molar-refractivity contribution in [2.75, 3.05) is 0 Å². The first-order valence-corrected chi connectivity index (χ1v) is 7.59. The lowest BCUT2D eigenvalue weighted by Crippen LogP contribution is -2.20. The number of benzene rings is 1. The van der Waals surface area contributed by atoms with E-state index >= 15 is 0 Å². The maximum Gasteiger partial charge on any atom is 0.433 e. The van der Waals surface area contributed by atoms with Crippen molar-refractivity contribution in [1.82, 2.24) is 0 Å². The summed E-state index contributed by atoms with van der Waals surface area (Å²) in [4.78, 5) is 3.70. The minimum absolute atomic E-state index is 0.126. The van der Waals surface area contributed by atoms with E-state index in [2.05, 4.69) is 4.99 Å². The number of halogens is 6. The lowest BCUT2D eigenvalue weighted by molar-refractivity contribution is -0.206. The van der Waals surface area contributed by atoms with Crippen molar-refractivity contribution in [3.05, 3.63) is 47.2 Å². The van der Waals surface area contributed by atoms with Crippen LogP contribution in [0.2, 0.25) is 0 Å². The van der Waals surface area contributed by atoms with Crippen LogP contribution in [-0.2, 0) is 0 Å². The molecule has 0 radical (unpaired) electrons. The van der Waals surface area contributed by atoms with Crippen LogP contribution in [0, 0.1) is 5.92 Å². The van der Waals surface area contributed by atoms with Gasteiger partial charge in [-0.1, -0.05) is 44.2 Å². The van der Waals surface area contributed by atoms with E-state index in [0.717, 1.165) is 18.2 Å². The van der Waals surface area contributed by atoms with Gasteiger partial charge in [-0.25, -0.2) is 4.99 Å². The maximum absolute atomic E-state index is 12.9. The number of hydrogen-bond donors (Lipinski definition) is 1. The van der Waals surface area contributed by atoms with Crippen LogP contribution in [0.15, 0.2) is 41.0 Å². The van der Waals surface area contributed by atoms with E-state index in [-0.39, 0.29) is 22.8 Å². The molecule has 2 unspecified atom stereocenters. The minimum Gasteiger partial charge on any atom is -0.379 e.